The summed E-state index contributed by atoms with van der Waals surface area (Å²) in [6, 6.07) is 8.26. The maximum Gasteiger partial charge on any atom is 0.0378 e. The minimum absolute atomic E-state index is 0.812. The summed E-state index contributed by atoms with van der Waals surface area (Å²) in [5.74, 6) is 5.53. The van der Waals surface area contributed by atoms with E-state index in [9.17, 15) is 0 Å². The number of hydrogen-bond donors (Lipinski definition) is 1. The fourth-order valence-electron chi connectivity index (χ4n) is 1.06. The third-order valence-corrected chi connectivity index (χ3v) is 1.68. The average molecular weight is 150 g/mol. The molecule has 1 aromatic rings. The summed E-state index contributed by atoms with van der Waals surface area (Å²) >= 11 is 0. The first-order valence-corrected chi connectivity index (χ1v) is 3.70. The van der Waals surface area contributed by atoms with E-state index < -0.39 is 0 Å². The molecule has 0 bridgehead atoms. The van der Waals surface area contributed by atoms with E-state index in [0.29, 0.717) is 0 Å². The summed E-state index contributed by atoms with van der Waals surface area (Å²) in [4.78, 5) is 0. The van der Waals surface area contributed by atoms with Crippen LogP contribution in [0.3, 0.4) is 0 Å². The Hall–Kier alpha value is -0.860. The van der Waals surface area contributed by atoms with Crippen LogP contribution in [-0.2, 0) is 6.54 Å². The molecule has 0 amide bonds. The number of hydrogen-bond acceptors (Lipinski definition) is 2. The van der Waals surface area contributed by atoms with E-state index in [4.69, 9.17) is 5.84 Å². The van der Waals surface area contributed by atoms with Crippen molar-refractivity contribution in [3.05, 3.63) is 35.4 Å². The van der Waals surface area contributed by atoms with E-state index in [0.717, 1.165) is 6.54 Å². The van der Waals surface area contributed by atoms with Crippen molar-refractivity contribution in [1.29, 1.82) is 0 Å². The molecular weight excluding hydrogens is 136 g/mol. The highest BCUT2D eigenvalue weighted by Gasteiger charge is 1.96. The number of hydrazine groups is 1. The van der Waals surface area contributed by atoms with E-state index in [1.165, 1.54) is 11.1 Å². The van der Waals surface area contributed by atoms with Gasteiger partial charge in [0.2, 0.25) is 0 Å². The Morgan fingerprint density at radius 2 is 2.00 bits per heavy atom. The first-order chi connectivity index (χ1) is 5.20. The summed E-state index contributed by atoms with van der Waals surface area (Å²) in [5.41, 5.74) is 2.59. The second kappa shape index (κ2) is 3.51. The van der Waals surface area contributed by atoms with Gasteiger partial charge in [-0.25, -0.2) is 5.01 Å². The van der Waals surface area contributed by atoms with Gasteiger partial charge in [-0.2, -0.15) is 0 Å². The molecular formula is C9H14N2. The zero-order valence-electron chi connectivity index (χ0n) is 7.04. The van der Waals surface area contributed by atoms with E-state index in [1.54, 1.807) is 5.01 Å². The Kier molecular flexibility index (Phi) is 2.63. The van der Waals surface area contributed by atoms with E-state index in [2.05, 4.69) is 19.1 Å². The Bertz CT molecular complexity index is 231. The standard InChI is InChI=1S/C9H14N2/c1-8-5-3-4-6-9(8)7-11(2)10/h3-6H,7,10H2,1-2H3. The predicted molar refractivity (Wildman–Crippen MR) is 46.8 cm³/mol. The zero-order chi connectivity index (χ0) is 8.27. The average Bonchev–Trinajstić information content (AvgIpc) is 1.93. The first kappa shape index (κ1) is 8.24. The summed E-state index contributed by atoms with van der Waals surface area (Å²) in [7, 11) is 1.87. The molecule has 0 atom stereocenters. The molecule has 0 heterocycles. The van der Waals surface area contributed by atoms with Gasteiger partial charge in [-0.3, -0.25) is 5.84 Å². The van der Waals surface area contributed by atoms with Crippen LogP contribution in [0, 0.1) is 6.92 Å². The zero-order valence-corrected chi connectivity index (χ0v) is 7.04. The lowest BCUT2D eigenvalue weighted by atomic mass is 10.1. The Morgan fingerprint density at radius 3 is 2.55 bits per heavy atom. The van der Waals surface area contributed by atoms with Crippen molar-refractivity contribution in [3.8, 4) is 0 Å². The Labute approximate surface area is 67.6 Å². The van der Waals surface area contributed by atoms with Gasteiger partial charge >= 0.3 is 0 Å². The molecule has 1 rings (SSSR count). The maximum atomic E-state index is 5.53. The summed E-state index contributed by atoms with van der Waals surface area (Å²) in [6.07, 6.45) is 0. The second-order valence-corrected chi connectivity index (χ2v) is 2.84. The van der Waals surface area contributed by atoms with Crippen molar-refractivity contribution in [3.63, 3.8) is 0 Å². The van der Waals surface area contributed by atoms with Crippen LogP contribution in [0.1, 0.15) is 11.1 Å². The minimum atomic E-state index is 0.812. The van der Waals surface area contributed by atoms with Crippen molar-refractivity contribution in [2.24, 2.45) is 5.84 Å². The van der Waals surface area contributed by atoms with Gasteiger partial charge in [0, 0.05) is 13.6 Å². The SMILES string of the molecule is Cc1ccccc1CN(C)N. The van der Waals surface area contributed by atoms with E-state index in [-0.39, 0.29) is 0 Å². The van der Waals surface area contributed by atoms with E-state index in [1.807, 2.05) is 19.2 Å². The number of nitrogens with zero attached hydrogens (tertiary/aromatic N) is 1. The van der Waals surface area contributed by atoms with Crippen LogP contribution in [0.15, 0.2) is 24.3 Å². The molecule has 11 heavy (non-hydrogen) atoms. The second-order valence-electron chi connectivity index (χ2n) is 2.84. The smallest absolute Gasteiger partial charge is 0.0378 e. The van der Waals surface area contributed by atoms with Crippen molar-refractivity contribution >= 4 is 0 Å². The highest BCUT2D eigenvalue weighted by molar-refractivity contribution is 5.25. The molecule has 0 unspecified atom stereocenters. The number of aryl methyl sites for hydroxylation is 1. The maximum absolute atomic E-state index is 5.53. The summed E-state index contributed by atoms with van der Waals surface area (Å²) in [5, 5.41) is 1.68. The van der Waals surface area contributed by atoms with Crippen LogP contribution < -0.4 is 5.84 Å². The van der Waals surface area contributed by atoms with Gasteiger partial charge in [0.15, 0.2) is 0 Å². The predicted octanol–water partition coefficient (Wildman–Crippen LogP) is 1.30. The monoisotopic (exact) mass is 150 g/mol. The number of rotatable bonds is 2. The molecule has 2 nitrogen and oxygen atoms in total. The molecule has 60 valence electrons. The third-order valence-electron chi connectivity index (χ3n) is 1.68. The summed E-state index contributed by atoms with van der Waals surface area (Å²) in [6.45, 7) is 2.91. The topological polar surface area (TPSA) is 29.3 Å². The van der Waals surface area contributed by atoms with Gasteiger partial charge in [-0.15, -0.1) is 0 Å². The molecule has 0 spiro atoms. The van der Waals surface area contributed by atoms with Gasteiger partial charge < -0.3 is 0 Å². The largest absolute Gasteiger partial charge is 0.269 e. The van der Waals surface area contributed by atoms with Crippen LogP contribution in [0.5, 0.6) is 0 Å². The van der Waals surface area contributed by atoms with Crippen LogP contribution in [-0.4, -0.2) is 12.1 Å². The van der Waals surface area contributed by atoms with Crippen LogP contribution in [0.2, 0.25) is 0 Å². The normalized spacial score (nSPS) is 10.5. The number of benzene rings is 1. The third kappa shape index (κ3) is 2.33. The molecule has 0 saturated carbocycles. The lowest BCUT2D eigenvalue weighted by Crippen LogP contribution is -2.25. The fourth-order valence-corrected chi connectivity index (χ4v) is 1.06. The quantitative estimate of drug-likeness (QED) is 0.508. The van der Waals surface area contributed by atoms with Crippen LogP contribution in [0.4, 0.5) is 0 Å². The van der Waals surface area contributed by atoms with Gasteiger partial charge in [-0.1, -0.05) is 24.3 Å². The fraction of sp³-hybridized carbons (Fsp3) is 0.333. The van der Waals surface area contributed by atoms with Gasteiger partial charge in [0.05, 0.1) is 0 Å². The molecule has 1 aromatic carbocycles. The molecule has 0 aliphatic carbocycles. The molecule has 0 saturated heterocycles. The molecule has 0 aliphatic rings. The van der Waals surface area contributed by atoms with E-state index >= 15 is 0 Å². The van der Waals surface area contributed by atoms with Crippen LogP contribution >= 0.6 is 0 Å². The van der Waals surface area contributed by atoms with Gasteiger partial charge in [-0.05, 0) is 18.1 Å². The molecule has 0 radical (unpaired) electrons. The molecule has 0 fully saturated rings. The highest BCUT2D eigenvalue weighted by Crippen LogP contribution is 2.07. The molecule has 0 aromatic heterocycles. The Balaban J connectivity index is 2.78. The Morgan fingerprint density at radius 1 is 1.36 bits per heavy atom. The number of nitrogens with two attached hydrogens (primary N) is 1. The summed E-state index contributed by atoms with van der Waals surface area (Å²) < 4.78 is 0. The lowest BCUT2D eigenvalue weighted by Gasteiger charge is -2.10. The van der Waals surface area contributed by atoms with Crippen molar-refractivity contribution < 1.29 is 0 Å². The molecule has 0 aliphatic heterocycles. The van der Waals surface area contributed by atoms with Crippen molar-refractivity contribution in [2.75, 3.05) is 7.05 Å². The lowest BCUT2D eigenvalue weighted by molar-refractivity contribution is 0.341. The highest BCUT2D eigenvalue weighted by atomic mass is 15.4. The van der Waals surface area contributed by atoms with Gasteiger partial charge in [0.25, 0.3) is 0 Å². The van der Waals surface area contributed by atoms with Crippen LogP contribution in [0.25, 0.3) is 0 Å². The van der Waals surface area contributed by atoms with Crippen molar-refractivity contribution in [1.82, 2.24) is 5.01 Å². The van der Waals surface area contributed by atoms with Gasteiger partial charge in [0.1, 0.15) is 0 Å². The first-order valence-electron chi connectivity index (χ1n) is 3.70. The van der Waals surface area contributed by atoms with Crippen molar-refractivity contribution in [2.45, 2.75) is 13.5 Å². The molecule has 2 heteroatoms. The minimum Gasteiger partial charge on any atom is -0.269 e. The molecule has 2 N–H and O–H groups in total.